The number of carbonyl (C=O) groups is 3. The SMILES string of the molecule is CC(CC(=O)Nc1ccccc1)NC(=O)CCCCCn1cc(Cn2nccc2C(=O)O)nn1. The number of rotatable bonds is 13. The highest BCUT2D eigenvalue weighted by Crippen LogP contribution is 2.08. The van der Waals surface area contributed by atoms with E-state index in [-0.39, 0.29) is 36.5 Å². The van der Waals surface area contributed by atoms with Crippen LogP contribution in [0, 0.1) is 0 Å². The van der Waals surface area contributed by atoms with Gasteiger partial charge in [0.2, 0.25) is 11.8 Å². The Balaban J connectivity index is 1.29. The van der Waals surface area contributed by atoms with Crippen LogP contribution in [-0.4, -0.2) is 53.7 Å². The molecule has 1 unspecified atom stereocenters. The van der Waals surface area contributed by atoms with E-state index in [9.17, 15) is 14.4 Å². The standard InChI is InChI=1S/C23H29N7O4/c1-17(14-22(32)26-18-8-4-2-5-9-18)25-21(31)10-6-3-7-13-29-15-19(27-28-29)16-30-20(23(33)34)11-12-24-30/h2,4-5,8-9,11-12,15,17H,3,6-7,10,13-14,16H2,1H3,(H,25,31)(H,26,32)(H,33,34). The van der Waals surface area contributed by atoms with Gasteiger partial charge in [0.25, 0.3) is 0 Å². The van der Waals surface area contributed by atoms with Crippen molar-refractivity contribution in [3.05, 3.63) is 60.2 Å². The van der Waals surface area contributed by atoms with Crippen molar-refractivity contribution in [2.24, 2.45) is 0 Å². The molecule has 1 aromatic carbocycles. The van der Waals surface area contributed by atoms with Gasteiger partial charge in [0.05, 0.1) is 12.7 Å². The van der Waals surface area contributed by atoms with Gasteiger partial charge >= 0.3 is 5.97 Å². The summed E-state index contributed by atoms with van der Waals surface area (Å²) in [6.07, 6.45) is 6.20. The van der Waals surface area contributed by atoms with Crippen molar-refractivity contribution >= 4 is 23.5 Å². The molecule has 2 heterocycles. The van der Waals surface area contributed by atoms with E-state index in [1.165, 1.54) is 16.9 Å². The smallest absolute Gasteiger partial charge is 0.354 e. The molecule has 0 saturated heterocycles. The number of hydrogen-bond acceptors (Lipinski definition) is 6. The van der Waals surface area contributed by atoms with E-state index in [4.69, 9.17) is 5.11 Å². The highest BCUT2D eigenvalue weighted by atomic mass is 16.4. The molecule has 3 aromatic rings. The summed E-state index contributed by atoms with van der Waals surface area (Å²) in [6, 6.07) is 10.4. The average molecular weight is 468 g/mol. The van der Waals surface area contributed by atoms with Crippen LogP contribution in [0.4, 0.5) is 5.69 Å². The zero-order valence-electron chi connectivity index (χ0n) is 19.1. The van der Waals surface area contributed by atoms with E-state index in [0.717, 1.165) is 24.9 Å². The van der Waals surface area contributed by atoms with Gasteiger partial charge in [0, 0.05) is 37.3 Å². The number of amides is 2. The van der Waals surface area contributed by atoms with Gasteiger partial charge in [-0.1, -0.05) is 29.8 Å². The van der Waals surface area contributed by atoms with Gasteiger partial charge in [0.1, 0.15) is 11.4 Å². The van der Waals surface area contributed by atoms with E-state index in [1.807, 2.05) is 37.3 Å². The van der Waals surface area contributed by atoms with Crippen LogP contribution in [0.25, 0.3) is 0 Å². The number of nitrogens with one attached hydrogen (secondary N) is 2. The molecule has 34 heavy (non-hydrogen) atoms. The quantitative estimate of drug-likeness (QED) is 0.327. The van der Waals surface area contributed by atoms with E-state index in [2.05, 4.69) is 26.0 Å². The van der Waals surface area contributed by atoms with Crippen LogP contribution in [0.3, 0.4) is 0 Å². The molecule has 0 aliphatic rings. The molecule has 3 N–H and O–H groups in total. The Morgan fingerprint density at radius 2 is 1.85 bits per heavy atom. The van der Waals surface area contributed by atoms with Crippen molar-refractivity contribution in [2.45, 2.75) is 58.2 Å². The first kappa shape index (κ1) is 24.6. The van der Waals surface area contributed by atoms with Gasteiger partial charge < -0.3 is 15.7 Å². The number of aromatic carboxylic acids is 1. The molecule has 11 heteroatoms. The predicted molar refractivity (Wildman–Crippen MR) is 124 cm³/mol. The second-order valence-electron chi connectivity index (χ2n) is 8.05. The maximum absolute atomic E-state index is 12.1. The normalized spacial score (nSPS) is 11.7. The summed E-state index contributed by atoms with van der Waals surface area (Å²) in [5.41, 5.74) is 1.45. The molecule has 0 bridgehead atoms. The van der Waals surface area contributed by atoms with Crippen molar-refractivity contribution < 1.29 is 19.5 Å². The van der Waals surface area contributed by atoms with Crippen LogP contribution in [0.15, 0.2) is 48.8 Å². The summed E-state index contributed by atoms with van der Waals surface area (Å²) in [5, 5.41) is 26.9. The van der Waals surface area contributed by atoms with Crippen molar-refractivity contribution in [3.63, 3.8) is 0 Å². The first-order valence-electron chi connectivity index (χ1n) is 11.2. The molecule has 0 spiro atoms. The number of aromatic nitrogens is 5. The van der Waals surface area contributed by atoms with Gasteiger partial charge in [-0.05, 0) is 38.0 Å². The lowest BCUT2D eigenvalue weighted by molar-refractivity contribution is -0.122. The molecule has 1 atom stereocenters. The van der Waals surface area contributed by atoms with Gasteiger partial charge in [0.15, 0.2) is 0 Å². The highest BCUT2D eigenvalue weighted by molar-refractivity contribution is 5.91. The van der Waals surface area contributed by atoms with Crippen LogP contribution in [-0.2, 0) is 22.7 Å². The molecule has 2 aromatic heterocycles. The van der Waals surface area contributed by atoms with Crippen molar-refractivity contribution in [3.8, 4) is 0 Å². The van der Waals surface area contributed by atoms with Gasteiger partial charge in [-0.15, -0.1) is 5.10 Å². The molecule has 3 rings (SSSR count). The zero-order valence-corrected chi connectivity index (χ0v) is 19.1. The van der Waals surface area contributed by atoms with Crippen LogP contribution < -0.4 is 10.6 Å². The third kappa shape index (κ3) is 7.84. The number of carboxylic acids is 1. The Kier molecular flexibility index (Phi) is 8.89. The van der Waals surface area contributed by atoms with E-state index >= 15 is 0 Å². The zero-order chi connectivity index (χ0) is 24.3. The third-order valence-electron chi connectivity index (χ3n) is 5.08. The Labute approximate surface area is 197 Å². The molecule has 0 aliphatic carbocycles. The molecule has 2 amide bonds. The lowest BCUT2D eigenvalue weighted by Gasteiger charge is -2.14. The summed E-state index contributed by atoms with van der Waals surface area (Å²) in [6.45, 7) is 2.69. The molecular formula is C23H29N7O4. The number of unbranched alkanes of at least 4 members (excludes halogenated alkanes) is 2. The molecule has 11 nitrogen and oxygen atoms in total. The second kappa shape index (κ2) is 12.3. The number of anilines is 1. The number of benzene rings is 1. The number of hydrogen-bond donors (Lipinski definition) is 3. The van der Waals surface area contributed by atoms with Gasteiger partial charge in [-0.25, -0.2) is 4.79 Å². The van der Waals surface area contributed by atoms with Crippen LogP contribution >= 0.6 is 0 Å². The van der Waals surface area contributed by atoms with Crippen LogP contribution in [0.2, 0.25) is 0 Å². The fourth-order valence-corrected chi connectivity index (χ4v) is 3.46. The minimum absolute atomic E-state index is 0.0727. The number of carboxylic acid groups (broad SMARTS) is 1. The Morgan fingerprint density at radius 3 is 2.62 bits per heavy atom. The Hall–Kier alpha value is -4.02. The van der Waals surface area contributed by atoms with Crippen molar-refractivity contribution in [2.75, 3.05) is 5.32 Å². The van der Waals surface area contributed by atoms with Crippen molar-refractivity contribution in [1.82, 2.24) is 30.1 Å². The number of carbonyl (C=O) groups excluding carboxylic acids is 2. The molecule has 0 aliphatic heterocycles. The molecular weight excluding hydrogens is 438 g/mol. The predicted octanol–water partition coefficient (Wildman–Crippen LogP) is 2.31. The molecule has 180 valence electrons. The fourth-order valence-electron chi connectivity index (χ4n) is 3.46. The average Bonchev–Trinajstić information content (AvgIpc) is 3.44. The van der Waals surface area contributed by atoms with E-state index < -0.39 is 5.97 Å². The van der Waals surface area contributed by atoms with E-state index in [0.29, 0.717) is 18.7 Å². The summed E-state index contributed by atoms with van der Waals surface area (Å²) in [7, 11) is 0. The lowest BCUT2D eigenvalue weighted by atomic mass is 10.1. The topological polar surface area (TPSA) is 144 Å². The molecule has 0 fully saturated rings. The van der Waals surface area contributed by atoms with Crippen LogP contribution in [0.1, 0.15) is 55.2 Å². The van der Waals surface area contributed by atoms with Gasteiger partial charge in [-0.2, -0.15) is 5.10 Å². The maximum Gasteiger partial charge on any atom is 0.354 e. The highest BCUT2D eigenvalue weighted by Gasteiger charge is 2.13. The first-order chi connectivity index (χ1) is 16.4. The van der Waals surface area contributed by atoms with E-state index in [1.54, 1.807) is 10.9 Å². The summed E-state index contributed by atoms with van der Waals surface area (Å²) < 4.78 is 3.06. The molecule has 0 radical (unpaired) electrons. The molecule has 0 saturated carbocycles. The summed E-state index contributed by atoms with van der Waals surface area (Å²) in [4.78, 5) is 35.4. The number of para-hydroxylation sites is 1. The maximum atomic E-state index is 12.1. The Morgan fingerprint density at radius 1 is 1.06 bits per heavy atom. The summed E-state index contributed by atoms with van der Waals surface area (Å²) >= 11 is 0. The lowest BCUT2D eigenvalue weighted by Crippen LogP contribution is -2.35. The minimum Gasteiger partial charge on any atom is -0.477 e. The number of nitrogens with zero attached hydrogens (tertiary/aromatic N) is 5. The monoisotopic (exact) mass is 467 g/mol. The fraction of sp³-hybridized carbons (Fsp3) is 0.391. The van der Waals surface area contributed by atoms with Crippen LogP contribution in [0.5, 0.6) is 0 Å². The Bertz CT molecular complexity index is 1090. The first-order valence-corrected chi connectivity index (χ1v) is 11.2. The third-order valence-corrected chi connectivity index (χ3v) is 5.08. The second-order valence-corrected chi connectivity index (χ2v) is 8.05. The number of aryl methyl sites for hydroxylation is 1. The largest absolute Gasteiger partial charge is 0.477 e. The van der Waals surface area contributed by atoms with Gasteiger partial charge in [-0.3, -0.25) is 19.0 Å². The van der Waals surface area contributed by atoms with Crippen molar-refractivity contribution in [1.29, 1.82) is 0 Å². The minimum atomic E-state index is -1.04. The summed E-state index contributed by atoms with van der Waals surface area (Å²) in [5.74, 6) is -1.26.